The van der Waals surface area contributed by atoms with Gasteiger partial charge in [-0.15, -0.1) is 0 Å². The third-order valence-corrected chi connectivity index (χ3v) is 5.05. The minimum atomic E-state index is -0.506. The number of ether oxygens (including phenoxy) is 2. The van der Waals surface area contributed by atoms with Crippen molar-refractivity contribution in [2.75, 3.05) is 19.5 Å². The topological polar surface area (TPSA) is 78.5 Å². The number of para-hydroxylation sites is 1. The molecule has 1 amide bonds. The Bertz CT molecular complexity index is 1280. The summed E-state index contributed by atoms with van der Waals surface area (Å²) in [7, 11) is 3.15. The largest absolute Gasteiger partial charge is 0.493 e. The summed E-state index contributed by atoms with van der Waals surface area (Å²) in [6.07, 6.45) is 0. The summed E-state index contributed by atoms with van der Waals surface area (Å²) in [4.78, 5) is 12.9. The number of nitrogens with one attached hydrogen (secondary N) is 1. The highest BCUT2D eigenvalue weighted by molar-refractivity contribution is 6.06. The minimum Gasteiger partial charge on any atom is -0.493 e. The Morgan fingerprint density at radius 3 is 2.61 bits per heavy atom. The maximum absolute atomic E-state index is 14.0. The molecule has 2 heterocycles. The van der Waals surface area contributed by atoms with Crippen molar-refractivity contribution in [3.63, 3.8) is 0 Å². The van der Waals surface area contributed by atoms with Crippen molar-refractivity contribution >= 4 is 22.7 Å². The number of hydrogen-bond acceptors (Lipinski definition) is 5. The van der Waals surface area contributed by atoms with Crippen LogP contribution in [0, 0.1) is 19.7 Å². The number of amides is 1. The first kappa shape index (κ1) is 20.5. The monoisotopic (exact) mass is 423 g/mol. The quantitative estimate of drug-likeness (QED) is 0.486. The summed E-state index contributed by atoms with van der Waals surface area (Å²) in [6, 6.07) is 11.9. The molecule has 0 unspecified atom stereocenters. The van der Waals surface area contributed by atoms with Gasteiger partial charge in [0.25, 0.3) is 5.91 Å². The fraction of sp³-hybridized carbons (Fsp3) is 0.217. The lowest BCUT2D eigenvalue weighted by molar-refractivity contribution is 0.0996. The third kappa shape index (κ3) is 3.84. The van der Waals surface area contributed by atoms with Gasteiger partial charge in [-0.1, -0.05) is 18.2 Å². The average molecular weight is 423 g/mol. The normalized spacial score (nSPS) is 11.0. The molecule has 4 rings (SSSR count). The molecule has 0 bridgehead atoms. The zero-order valence-corrected chi connectivity index (χ0v) is 17.7. The zero-order chi connectivity index (χ0) is 22.1. The molecule has 31 heavy (non-hydrogen) atoms. The predicted molar refractivity (Wildman–Crippen MR) is 114 cm³/mol. The van der Waals surface area contributed by atoms with Crippen LogP contribution in [0.15, 0.2) is 46.9 Å². The number of fused-ring (bicyclic) bond motifs is 1. The van der Waals surface area contributed by atoms with E-state index < -0.39 is 11.7 Å². The number of anilines is 1. The van der Waals surface area contributed by atoms with Crippen LogP contribution >= 0.6 is 0 Å². The highest BCUT2D eigenvalue weighted by Crippen LogP contribution is 2.29. The van der Waals surface area contributed by atoms with E-state index in [1.54, 1.807) is 44.0 Å². The summed E-state index contributed by atoms with van der Waals surface area (Å²) in [5, 5.41) is 7.87. The van der Waals surface area contributed by atoms with Crippen LogP contribution in [0.2, 0.25) is 0 Å². The van der Waals surface area contributed by atoms with Gasteiger partial charge in [0.15, 0.2) is 28.7 Å². The molecule has 0 aliphatic heterocycles. The number of aromatic nitrogens is 2. The number of carbonyl (C=O) groups is 1. The molecule has 7 nitrogen and oxygen atoms in total. The van der Waals surface area contributed by atoms with Crippen molar-refractivity contribution in [1.82, 2.24) is 9.78 Å². The van der Waals surface area contributed by atoms with Crippen LogP contribution in [0.5, 0.6) is 11.5 Å². The van der Waals surface area contributed by atoms with Crippen LogP contribution in [-0.4, -0.2) is 29.9 Å². The van der Waals surface area contributed by atoms with Crippen LogP contribution in [0.25, 0.3) is 11.0 Å². The lowest BCUT2D eigenvalue weighted by atomic mass is 10.1. The first-order valence-electron chi connectivity index (χ1n) is 9.65. The minimum absolute atomic E-state index is 0.0663. The third-order valence-electron chi connectivity index (χ3n) is 5.05. The summed E-state index contributed by atoms with van der Waals surface area (Å²) >= 11 is 0. The van der Waals surface area contributed by atoms with Crippen molar-refractivity contribution in [2.45, 2.75) is 20.4 Å². The molecule has 0 aliphatic carbocycles. The zero-order valence-electron chi connectivity index (χ0n) is 17.7. The van der Waals surface area contributed by atoms with E-state index in [2.05, 4.69) is 10.4 Å². The molecule has 0 saturated heterocycles. The van der Waals surface area contributed by atoms with Gasteiger partial charge in [-0.3, -0.25) is 4.79 Å². The van der Waals surface area contributed by atoms with Gasteiger partial charge in [-0.25, -0.2) is 9.07 Å². The second-order valence-electron chi connectivity index (χ2n) is 7.14. The van der Waals surface area contributed by atoms with Crippen molar-refractivity contribution < 1.29 is 23.1 Å². The Morgan fingerprint density at radius 1 is 1.13 bits per heavy atom. The van der Waals surface area contributed by atoms with Gasteiger partial charge in [-0.05, 0) is 37.6 Å². The summed E-state index contributed by atoms with van der Waals surface area (Å²) < 4.78 is 31.9. The van der Waals surface area contributed by atoms with Crippen LogP contribution in [-0.2, 0) is 6.54 Å². The molecule has 0 fully saturated rings. The van der Waals surface area contributed by atoms with Crippen molar-refractivity contribution in [1.29, 1.82) is 0 Å². The van der Waals surface area contributed by atoms with E-state index in [0.717, 1.165) is 11.3 Å². The Hall–Kier alpha value is -3.81. The van der Waals surface area contributed by atoms with Crippen LogP contribution in [0.4, 0.5) is 10.2 Å². The number of methoxy groups -OCH3 is 2. The SMILES string of the molecule is COc1ccc(Cn2nc(C)cc2NC(=O)c2oc3c(F)cccc3c2C)cc1OC. The molecule has 8 heteroatoms. The highest BCUT2D eigenvalue weighted by Gasteiger charge is 2.21. The first-order valence-corrected chi connectivity index (χ1v) is 9.65. The summed E-state index contributed by atoms with van der Waals surface area (Å²) in [5.41, 5.74) is 2.30. The Kier molecular flexibility index (Phi) is 5.37. The second-order valence-corrected chi connectivity index (χ2v) is 7.14. The second kappa shape index (κ2) is 8.14. The molecule has 4 aromatic rings. The molecule has 0 saturated carbocycles. The van der Waals surface area contributed by atoms with Gasteiger partial charge < -0.3 is 19.2 Å². The molecular formula is C23H22FN3O4. The predicted octanol–water partition coefficient (Wildman–Crippen LogP) is 4.70. The van der Waals surface area contributed by atoms with Gasteiger partial charge in [0.2, 0.25) is 0 Å². The van der Waals surface area contributed by atoms with Crippen LogP contribution in [0.3, 0.4) is 0 Å². The maximum atomic E-state index is 14.0. The summed E-state index contributed by atoms with van der Waals surface area (Å²) in [5.74, 6) is 0.822. The fourth-order valence-electron chi connectivity index (χ4n) is 3.52. The number of furan rings is 1. The maximum Gasteiger partial charge on any atom is 0.292 e. The molecule has 0 radical (unpaired) electrons. The van der Waals surface area contributed by atoms with Crippen molar-refractivity contribution in [3.05, 3.63) is 70.9 Å². The number of rotatable bonds is 6. The van der Waals surface area contributed by atoms with Gasteiger partial charge in [-0.2, -0.15) is 5.10 Å². The number of benzene rings is 2. The van der Waals surface area contributed by atoms with E-state index in [9.17, 15) is 9.18 Å². The molecule has 0 atom stereocenters. The van der Waals surface area contributed by atoms with Gasteiger partial charge in [0.1, 0.15) is 5.82 Å². The molecule has 2 aromatic heterocycles. The van der Waals surface area contributed by atoms with E-state index >= 15 is 0 Å². The molecule has 0 spiro atoms. The van der Waals surface area contributed by atoms with Gasteiger partial charge in [0, 0.05) is 17.0 Å². The number of halogens is 1. The molecule has 0 aliphatic rings. The Balaban J connectivity index is 1.62. The van der Waals surface area contributed by atoms with E-state index in [1.165, 1.54) is 6.07 Å². The first-order chi connectivity index (χ1) is 14.9. The Labute approximate surface area is 178 Å². The van der Waals surface area contributed by atoms with E-state index in [1.807, 2.05) is 25.1 Å². The van der Waals surface area contributed by atoms with Gasteiger partial charge in [0.05, 0.1) is 26.5 Å². The number of nitrogens with zero attached hydrogens (tertiary/aromatic N) is 2. The molecule has 2 aromatic carbocycles. The lowest BCUT2D eigenvalue weighted by Gasteiger charge is -2.11. The van der Waals surface area contributed by atoms with E-state index in [4.69, 9.17) is 13.9 Å². The molecular weight excluding hydrogens is 401 g/mol. The number of carbonyl (C=O) groups excluding carboxylic acids is 1. The van der Waals surface area contributed by atoms with Crippen LogP contribution < -0.4 is 14.8 Å². The van der Waals surface area contributed by atoms with Crippen molar-refractivity contribution in [2.24, 2.45) is 0 Å². The smallest absolute Gasteiger partial charge is 0.292 e. The Morgan fingerprint density at radius 2 is 1.90 bits per heavy atom. The molecule has 1 N–H and O–H groups in total. The lowest BCUT2D eigenvalue weighted by Crippen LogP contribution is -2.16. The fourth-order valence-corrected chi connectivity index (χ4v) is 3.52. The highest BCUT2D eigenvalue weighted by atomic mass is 19.1. The van der Waals surface area contributed by atoms with E-state index in [-0.39, 0.29) is 11.3 Å². The standard InChI is InChI=1S/C23H22FN3O4/c1-13-10-20(27(26-13)12-15-8-9-18(29-3)19(11-15)30-4)25-23(28)21-14(2)16-6-5-7-17(24)22(16)31-21/h5-11H,12H2,1-4H3,(H,25,28). The van der Waals surface area contributed by atoms with E-state index in [0.29, 0.717) is 34.8 Å². The average Bonchev–Trinajstić information content (AvgIpc) is 3.28. The van der Waals surface area contributed by atoms with Crippen LogP contribution in [0.1, 0.15) is 27.4 Å². The van der Waals surface area contributed by atoms with Gasteiger partial charge >= 0.3 is 0 Å². The number of aryl methyl sites for hydroxylation is 2. The summed E-state index contributed by atoms with van der Waals surface area (Å²) in [6.45, 7) is 3.96. The molecule has 160 valence electrons. The number of hydrogen-bond donors (Lipinski definition) is 1. The van der Waals surface area contributed by atoms with Crippen molar-refractivity contribution in [3.8, 4) is 11.5 Å².